The van der Waals surface area contributed by atoms with E-state index in [2.05, 4.69) is 24.5 Å². The molecule has 1 aliphatic rings. The van der Waals surface area contributed by atoms with Crippen LogP contribution < -0.4 is 10.6 Å². The van der Waals surface area contributed by atoms with E-state index in [0.29, 0.717) is 5.92 Å². The molecule has 0 heterocycles. The van der Waals surface area contributed by atoms with Crippen molar-refractivity contribution in [1.29, 1.82) is 0 Å². The van der Waals surface area contributed by atoms with Gasteiger partial charge in [-0.1, -0.05) is 57.7 Å². The molecule has 0 aromatic heterocycles. The Kier molecular flexibility index (Phi) is 5.99. The normalized spacial score (nSPS) is 16.1. The second-order valence-corrected chi connectivity index (χ2v) is 6.36. The molecule has 0 saturated heterocycles. The number of carbonyl (C=O) groups excluding carboxylic acids is 2. The zero-order valence-corrected chi connectivity index (χ0v) is 13.5. The minimum atomic E-state index is -0.572. The zero-order chi connectivity index (χ0) is 15.9. The van der Waals surface area contributed by atoms with Crippen LogP contribution in [0.15, 0.2) is 24.3 Å². The summed E-state index contributed by atoms with van der Waals surface area (Å²) in [4.78, 5) is 24.2. The fourth-order valence-electron chi connectivity index (χ4n) is 2.97. The minimum absolute atomic E-state index is 0.140. The molecular weight excluding hydrogens is 276 g/mol. The number of hydrogen-bond donors (Lipinski definition) is 2. The molecule has 2 amide bonds. The lowest BCUT2D eigenvalue weighted by Crippen LogP contribution is -2.41. The van der Waals surface area contributed by atoms with E-state index in [9.17, 15) is 9.59 Å². The van der Waals surface area contributed by atoms with E-state index in [-0.39, 0.29) is 6.04 Å². The number of anilines is 1. The van der Waals surface area contributed by atoms with Gasteiger partial charge in [0.05, 0.1) is 0 Å². The second-order valence-electron chi connectivity index (χ2n) is 6.36. The zero-order valence-electron chi connectivity index (χ0n) is 13.5. The molecule has 1 aliphatic carbocycles. The summed E-state index contributed by atoms with van der Waals surface area (Å²) in [5, 5.41) is 5.62. The molecule has 0 spiro atoms. The van der Waals surface area contributed by atoms with Gasteiger partial charge in [-0.3, -0.25) is 9.59 Å². The Balaban J connectivity index is 1.95. The van der Waals surface area contributed by atoms with Crippen LogP contribution in [0, 0.1) is 0 Å². The van der Waals surface area contributed by atoms with Crippen molar-refractivity contribution in [3.05, 3.63) is 29.8 Å². The van der Waals surface area contributed by atoms with Crippen molar-refractivity contribution in [3.8, 4) is 0 Å². The van der Waals surface area contributed by atoms with Gasteiger partial charge in [-0.2, -0.15) is 0 Å². The van der Waals surface area contributed by atoms with Crippen LogP contribution in [-0.4, -0.2) is 17.9 Å². The van der Waals surface area contributed by atoms with E-state index < -0.39 is 11.8 Å². The summed E-state index contributed by atoms with van der Waals surface area (Å²) in [7, 11) is 0. The first kappa shape index (κ1) is 16.5. The summed E-state index contributed by atoms with van der Waals surface area (Å²) in [6.07, 6.45) is 6.65. The third kappa shape index (κ3) is 4.58. The van der Waals surface area contributed by atoms with Crippen molar-refractivity contribution >= 4 is 17.5 Å². The number of carbonyl (C=O) groups is 2. The number of benzene rings is 1. The van der Waals surface area contributed by atoms with Crippen molar-refractivity contribution in [1.82, 2.24) is 5.32 Å². The van der Waals surface area contributed by atoms with Crippen molar-refractivity contribution in [2.24, 2.45) is 0 Å². The Morgan fingerprint density at radius 2 is 1.64 bits per heavy atom. The number of nitrogens with one attached hydrogen (secondary N) is 2. The Morgan fingerprint density at radius 3 is 2.27 bits per heavy atom. The monoisotopic (exact) mass is 302 g/mol. The lowest BCUT2D eigenvalue weighted by atomic mass is 10.0. The minimum Gasteiger partial charge on any atom is -0.345 e. The summed E-state index contributed by atoms with van der Waals surface area (Å²) in [5.41, 5.74) is 1.76. The van der Waals surface area contributed by atoms with Gasteiger partial charge in [0.15, 0.2) is 0 Å². The number of amides is 2. The first-order valence-electron chi connectivity index (χ1n) is 8.28. The summed E-state index contributed by atoms with van der Waals surface area (Å²) >= 11 is 0. The molecule has 1 aromatic rings. The highest BCUT2D eigenvalue weighted by Gasteiger charge is 2.20. The molecule has 0 bridgehead atoms. The molecule has 0 aliphatic heterocycles. The van der Waals surface area contributed by atoms with Crippen LogP contribution in [-0.2, 0) is 9.59 Å². The Hall–Kier alpha value is -1.84. The highest BCUT2D eigenvalue weighted by Crippen LogP contribution is 2.23. The molecule has 1 aromatic carbocycles. The third-order valence-corrected chi connectivity index (χ3v) is 4.23. The first-order valence-corrected chi connectivity index (χ1v) is 8.28. The number of para-hydroxylation sites is 1. The molecule has 120 valence electrons. The highest BCUT2D eigenvalue weighted by atomic mass is 16.2. The fraction of sp³-hybridized carbons (Fsp3) is 0.556. The van der Waals surface area contributed by atoms with Crippen molar-refractivity contribution in [3.63, 3.8) is 0 Å². The van der Waals surface area contributed by atoms with Crippen LogP contribution in [0.5, 0.6) is 0 Å². The van der Waals surface area contributed by atoms with E-state index in [1.165, 1.54) is 12.8 Å². The standard InChI is InChI=1S/C18H26N2O2/c1-13(2)15-11-7-8-12-16(15)20-18(22)17(21)19-14-9-5-3-4-6-10-14/h7-8,11-14H,3-6,9-10H2,1-2H3,(H,19,21)(H,20,22). The largest absolute Gasteiger partial charge is 0.345 e. The molecule has 0 unspecified atom stereocenters. The van der Waals surface area contributed by atoms with Crippen LogP contribution in [0.25, 0.3) is 0 Å². The van der Waals surface area contributed by atoms with Gasteiger partial charge in [0.1, 0.15) is 0 Å². The predicted octanol–water partition coefficient (Wildman–Crippen LogP) is 3.59. The van der Waals surface area contributed by atoms with E-state index in [1.807, 2.05) is 24.3 Å². The van der Waals surface area contributed by atoms with Crippen LogP contribution >= 0.6 is 0 Å². The Labute approximate surface area is 132 Å². The molecule has 1 saturated carbocycles. The lowest BCUT2D eigenvalue weighted by Gasteiger charge is -2.17. The SMILES string of the molecule is CC(C)c1ccccc1NC(=O)C(=O)NC1CCCCCC1. The Bertz CT molecular complexity index is 518. The predicted molar refractivity (Wildman–Crippen MR) is 88.8 cm³/mol. The molecular formula is C18H26N2O2. The fourth-order valence-corrected chi connectivity index (χ4v) is 2.97. The van der Waals surface area contributed by atoms with Gasteiger partial charge >= 0.3 is 11.8 Å². The Morgan fingerprint density at radius 1 is 1.00 bits per heavy atom. The van der Waals surface area contributed by atoms with Crippen molar-refractivity contribution in [2.45, 2.75) is 64.3 Å². The van der Waals surface area contributed by atoms with Crippen molar-refractivity contribution in [2.75, 3.05) is 5.32 Å². The smallest absolute Gasteiger partial charge is 0.313 e. The van der Waals surface area contributed by atoms with E-state index >= 15 is 0 Å². The van der Waals surface area contributed by atoms with E-state index in [4.69, 9.17) is 0 Å². The molecule has 4 nitrogen and oxygen atoms in total. The summed E-state index contributed by atoms with van der Waals surface area (Å²) in [6.45, 7) is 4.13. The van der Waals surface area contributed by atoms with Gasteiger partial charge in [0, 0.05) is 11.7 Å². The summed E-state index contributed by atoms with van der Waals surface area (Å²) in [6, 6.07) is 7.76. The van der Waals surface area contributed by atoms with Gasteiger partial charge in [-0.05, 0) is 30.4 Å². The second kappa shape index (κ2) is 7.97. The van der Waals surface area contributed by atoms with Gasteiger partial charge in [-0.25, -0.2) is 0 Å². The molecule has 22 heavy (non-hydrogen) atoms. The van der Waals surface area contributed by atoms with Gasteiger partial charge in [-0.15, -0.1) is 0 Å². The van der Waals surface area contributed by atoms with Gasteiger partial charge in [0.25, 0.3) is 0 Å². The maximum atomic E-state index is 12.1. The number of rotatable bonds is 3. The average Bonchev–Trinajstić information content (AvgIpc) is 2.76. The summed E-state index contributed by atoms with van der Waals surface area (Å²) in [5.74, 6) is -0.802. The van der Waals surface area contributed by atoms with E-state index in [1.54, 1.807) is 0 Å². The van der Waals surface area contributed by atoms with Gasteiger partial charge < -0.3 is 10.6 Å². The highest BCUT2D eigenvalue weighted by molar-refractivity contribution is 6.39. The maximum absolute atomic E-state index is 12.1. The first-order chi connectivity index (χ1) is 10.6. The number of hydrogen-bond acceptors (Lipinski definition) is 2. The molecule has 4 heteroatoms. The third-order valence-electron chi connectivity index (χ3n) is 4.23. The molecule has 0 atom stereocenters. The average molecular weight is 302 g/mol. The quantitative estimate of drug-likeness (QED) is 0.662. The molecule has 2 rings (SSSR count). The topological polar surface area (TPSA) is 58.2 Å². The molecule has 0 radical (unpaired) electrons. The maximum Gasteiger partial charge on any atom is 0.313 e. The lowest BCUT2D eigenvalue weighted by molar-refractivity contribution is -0.136. The van der Waals surface area contributed by atoms with Crippen LogP contribution in [0.3, 0.4) is 0 Å². The summed E-state index contributed by atoms with van der Waals surface area (Å²) < 4.78 is 0. The van der Waals surface area contributed by atoms with Crippen LogP contribution in [0.1, 0.15) is 63.9 Å². The molecule has 2 N–H and O–H groups in total. The van der Waals surface area contributed by atoms with Crippen LogP contribution in [0.2, 0.25) is 0 Å². The van der Waals surface area contributed by atoms with Crippen LogP contribution in [0.4, 0.5) is 5.69 Å². The van der Waals surface area contributed by atoms with Gasteiger partial charge in [0.2, 0.25) is 0 Å². The molecule has 1 fully saturated rings. The van der Waals surface area contributed by atoms with Crippen molar-refractivity contribution < 1.29 is 9.59 Å². The van der Waals surface area contributed by atoms with E-state index in [0.717, 1.165) is 36.9 Å².